The third-order valence-electron chi connectivity index (χ3n) is 3.52. The van der Waals surface area contributed by atoms with Crippen molar-refractivity contribution in [1.29, 1.82) is 0 Å². The highest BCUT2D eigenvalue weighted by atomic mass is 19.1. The van der Waals surface area contributed by atoms with Crippen LogP contribution in [0.3, 0.4) is 0 Å². The smallest absolute Gasteiger partial charge is 0.238 e. The highest BCUT2D eigenvalue weighted by Crippen LogP contribution is 2.19. The van der Waals surface area contributed by atoms with E-state index in [1.165, 1.54) is 24.5 Å². The van der Waals surface area contributed by atoms with E-state index >= 15 is 0 Å². The van der Waals surface area contributed by atoms with Crippen molar-refractivity contribution >= 4 is 11.6 Å². The van der Waals surface area contributed by atoms with Gasteiger partial charge < -0.3 is 10.6 Å². The van der Waals surface area contributed by atoms with Crippen molar-refractivity contribution in [3.8, 4) is 0 Å². The average molecular weight is 294 g/mol. The highest BCUT2D eigenvalue weighted by molar-refractivity contribution is 5.92. The van der Waals surface area contributed by atoms with E-state index in [4.69, 9.17) is 0 Å². The summed E-state index contributed by atoms with van der Waals surface area (Å²) >= 11 is 0. The fraction of sp³-hybridized carbons (Fsp3) is 0.438. The second kappa shape index (κ2) is 7.88. The molecule has 5 heteroatoms. The first-order valence-electron chi connectivity index (χ1n) is 7.29. The number of amides is 1. The van der Waals surface area contributed by atoms with Crippen LogP contribution in [0, 0.1) is 11.6 Å². The number of hydrogen-bond acceptors (Lipinski definition) is 2. The predicted octanol–water partition coefficient (Wildman–Crippen LogP) is 3.38. The van der Waals surface area contributed by atoms with Crippen LogP contribution < -0.4 is 10.6 Å². The van der Waals surface area contributed by atoms with Gasteiger partial charge in [-0.1, -0.05) is 17.7 Å². The Balaban J connectivity index is 1.71. The Morgan fingerprint density at radius 3 is 2.62 bits per heavy atom. The fourth-order valence-electron chi connectivity index (χ4n) is 2.38. The Labute approximate surface area is 123 Å². The van der Waals surface area contributed by atoms with Crippen LogP contribution in [0.15, 0.2) is 29.8 Å². The number of benzene rings is 1. The Kier molecular flexibility index (Phi) is 5.87. The van der Waals surface area contributed by atoms with Gasteiger partial charge in [0.2, 0.25) is 5.91 Å². The van der Waals surface area contributed by atoms with Crippen LogP contribution in [0.2, 0.25) is 0 Å². The molecule has 0 fully saturated rings. The zero-order chi connectivity index (χ0) is 15.1. The summed E-state index contributed by atoms with van der Waals surface area (Å²) in [7, 11) is 0. The van der Waals surface area contributed by atoms with E-state index in [0.29, 0.717) is 6.54 Å². The van der Waals surface area contributed by atoms with Gasteiger partial charge >= 0.3 is 0 Å². The Morgan fingerprint density at radius 1 is 1.19 bits per heavy atom. The Morgan fingerprint density at radius 2 is 1.95 bits per heavy atom. The lowest BCUT2D eigenvalue weighted by molar-refractivity contribution is -0.115. The number of carbonyl (C=O) groups excluding carboxylic acids is 1. The van der Waals surface area contributed by atoms with Gasteiger partial charge in [0.05, 0.1) is 6.54 Å². The molecule has 0 spiro atoms. The molecule has 21 heavy (non-hydrogen) atoms. The van der Waals surface area contributed by atoms with E-state index in [0.717, 1.165) is 31.4 Å². The first kappa shape index (κ1) is 15.6. The summed E-state index contributed by atoms with van der Waals surface area (Å²) in [6.45, 7) is 0.736. The standard InChI is InChI=1S/C16H20F2N2O/c17-13-7-4-8-14(18)16(13)20-15(21)11-19-10-9-12-5-2-1-3-6-12/h4-5,7-8,19H,1-3,6,9-11H2,(H,20,21). The zero-order valence-corrected chi connectivity index (χ0v) is 11.9. The number of hydrogen-bond donors (Lipinski definition) is 2. The van der Waals surface area contributed by atoms with Gasteiger partial charge in [0.1, 0.15) is 17.3 Å². The quantitative estimate of drug-likeness (QED) is 0.624. The summed E-state index contributed by atoms with van der Waals surface area (Å²) in [4.78, 5) is 11.6. The lowest BCUT2D eigenvalue weighted by Gasteiger charge is -2.13. The van der Waals surface area contributed by atoms with Crippen molar-refractivity contribution in [1.82, 2.24) is 5.32 Å². The number of para-hydroxylation sites is 1. The molecular formula is C16H20F2N2O. The monoisotopic (exact) mass is 294 g/mol. The maximum absolute atomic E-state index is 13.4. The van der Waals surface area contributed by atoms with Gasteiger partial charge in [-0.15, -0.1) is 0 Å². The zero-order valence-electron chi connectivity index (χ0n) is 11.9. The van der Waals surface area contributed by atoms with Crippen LogP contribution >= 0.6 is 0 Å². The number of rotatable bonds is 6. The molecule has 0 atom stereocenters. The molecular weight excluding hydrogens is 274 g/mol. The molecule has 0 unspecified atom stereocenters. The average Bonchev–Trinajstić information content (AvgIpc) is 2.49. The molecule has 0 saturated heterocycles. The second-order valence-electron chi connectivity index (χ2n) is 5.18. The maximum atomic E-state index is 13.4. The van der Waals surface area contributed by atoms with E-state index in [1.807, 2.05) is 0 Å². The van der Waals surface area contributed by atoms with Crippen molar-refractivity contribution in [2.24, 2.45) is 0 Å². The van der Waals surface area contributed by atoms with Gasteiger partial charge in [0.25, 0.3) is 0 Å². The maximum Gasteiger partial charge on any atom is 0.238 e. The molecule has 0 heterocycles. The molecule has 3 nitrogen and oxygen atoms in total. The van der Waals surface area contributed by atoms with E-state index < -0.39 is 17.5 Å². The van der Waals surface area contributed by atoms with Crippen molar-refractivity contribution in [2.75, 3.05) is 18.4 Å². The number of carbonyl (C=O) groups is 1. The summed E-state index contributed by atoms with van der Waals surface area (Å²) in [5.41, 5.74) is 1.04. The van der Waals surface area contributed by atoms with Crippen LogP contribution in [0.5, 0.6) is 0 Å². The minimum absolute atomic E-state index is 0.0427. The SMILES string of the molecule is O=C(CNCCC1=CCCCC1)Nc1c(F)cccc1F. The van der Waals surface area contributed by atoms with Gasteiger partial charge in [-0.2, -0.15) is 0 Å². The molecule has 1 aliphatic rings. The molecule has 0 saturated carbocycles. The lowest BCUT2D eigenvalue weighted by Crippen LogP contribution is -2.29. The summed E-state index contributed by atoms with van der Waals surface area (Å²) in [5.74, 6) is -1.98. The Hall–Kier alpha value is -1.75. The fourth-order valence-corrected chi connectivity index (χ4v) is 2.38. The van der Waals surface area contributed by atoms with Gasteiger partial charge in [-0.3, -0.25) is 4.79 Å². The summed E-state index contributed by atoms with van der Waals surface area (Å²) in [5, 5.41) is 5.24. The number of allylic oxidation sites excluding steroid dienone is 1. The van der Waals surface area contributed by atoms with E-state index in [-0.39, 0.29) is 12.2 Å². The number of nitrogens with one attached hydrogen (secondary N) is 2. The second-order valence-corrected chi connectivity index (χ2v) is 5.18. The molecule has 1 aromatic carbocycles. The molecule has 0 radical (unpaired) electrons. The number of halogens is 2. The van der Waals surface area contributed by atoms with E-state index in [1.54, 1.807) is 0 Å². The van der Waals surface area contributed by atoms with Gasteiger partial charge in [0.15, 0.2) is 0 Å². The van der Waals surface area contributed by atoms with E-state index in [9.17, 15) is 13.6 Å². The summed E-state index contributed by atoms with van der Waals surface area (Å²) in [6.07, 6.45) is 7.95. The van der Waals surface area contributed by atoms with Crippen molar-refractivity contribution < 1.29 is 13.6 Å². The molecule has 0 aromatic heterocycles. The van der Waals surface area contributed by atoms with Crippen LogP contribution in [-0.2, 0) is 4.79 Å². The normalized spacial score (nSPS) is 14.7. The molecule has 2 N–H and O–H groups in total. The van der Waals surface area contributed by atoms with E-state index in [2.05, 4.69) is 16.7 Å². The predicted molar refractivity (Wildman–Crippen MR) is 79.0 cm³/mol. The highest BCUT2D eigenvalue weighted by Gasteiger charge is 2.11. The molecule has 0 aliphatic heterocycles. The largest absolute Gasteiger partial charge is 0.320 e. The topological polar surface area (TPSA) is 41.1 Å². The van der Waals surface area contributed by atoms with Gasteiger partial charge in [-0.05, 0) is 50.8 Å². The summed E-state index contributed by atoms with van der Waals surface area (Å²) in [6, 6.07) is 3.49. The van der Waals surface area contributed by atoms with Crippen molar-refractivity contribution in [3.63, 3.8) is 0 Å². The lowest BCUT2D eigenvalue weighted by atomic mass is 9.97. The minimum atomic E-state index is -0.768. The van der Waals surface area contributed by atoms with Gasteiger partial charge in [0, 0.05) is 0 Å². The molecule has 1 aliphatic carbocycles. The molecule has 1 amide bonds. The van der Waals surface area contributed by atoms with Crippen LogP contribution in [0.4, 0.5) is 14.5 Å². The molecule has 114 valence electrons. The first-order valence-corrected chi connectivity index (χ1v) is 7.29. The summed E-state index contributed by atoms with van der Waals surface area (Å²) < 4.78 is 26.7. The van der Waals surface area contributed by atoms with Crippen LogP contribution in [-0.4, -0.2) is 19.0 Å². The third-order valence-corrected chi connectivity index (χ3v) is 3.52. The number of anilines is 1. The third kappa shape index (κ3) is 4.93. The van der Waals surface area contributed by atoms with Gasteiger partial charge in [-0.25, -0.2) is 8.78 Å². The minimum Gasteiger partial charge on any atom is -0.320 e. The van der Waals surface area contributed by atoms with Crippen LogP contribution in [0.1, 0.15) is 32.1 Å². The molecule has 2 rings (SSSR count). The van der Waals surface area contributed by atoms with Crippen molar-refractivity contribution in [2.45, 2.75) is 32.1 Å². The molecule has 1 aromatic rings. The Bertz CT molecular complexity index is 509. The first-order chi connectivity index (χ1) is 10.2. The van der Waals surface area contributed by atoms with Crippen molar-refractivity contribution in [3.05, 3.63) is 41.5 Å². The molecule has 0 bridgehead atoms. The van der Waals surface area contributed by atoms with Crippen LogP contribution in [0.25, 0.3) is 0 Å².